The first-order chi connectivity index (χ1) is 12.4. The highest BCUT2D eigenvalue weighted by molar-refractivity contribution is 14.0. The molecule has 0 radical (unpaired) electrons. The van der Waals surface area contributed by atoms with E-state index < -0.39 is 5.54 Å². The van der Waals surface area contributed by atoms with Gasteiger partial charge in [-0.25, -0.2) is 4.79 Å². The Labute approximate surface area is 181 Å². The van der Waals surface area contributed by atoms with Gasteiger partial charge in [0.25, 0.3) is 5.91 Å². The van der Waals surface area contributed by atoms with E-state index in [1.807, 2.05) is 6.92 Å². The summed E-state index contributed by atoms with van der Waals surface area (Å²) in [5.74, 6) is 1.30. The fourth-order valence-corrected chi connectivity index (χ4v) is 3.04. The standard InChI is InChI=1S/C19H37N5O2.HI/c1-6-9-11-15(7-2)14-22-17(20-5)21-12-10-13-24-16(25)19(4,8-3)23-18(24)26;/h15H,6-14H2,1-5H3,(H,23,26)(H2,20,21,22);1H. The Morgan fingerprint density at radius 3 is 2.44 bits per heavy atom. The van der Waals surface area contributed by atoms with E-state index in [4.69, 9.17) is 0 Å². The van der Waals surface area contributed by atoms with Gasteiger partial charge in [0, 0.05) is 26.7 Å². The number of nitrogens with zero attached hydrogens (tertiary/aromatic N) is 2. The SMILES string of the molecule is CCCCC(CC)CNC(=NC)NCCCN1C(=O)NC(C)(CC)C1=O.I. The molecule has 0 aromatic carbocycles. The fraction of sp³-hybridized carbons (Fsp3) is 0.842. The highest BCUT2D eigenvalue weighted by Gasteiger charge is 2.45. The quantitative estimate of drug-likeness (QED) is 0.135. The van der Waals surface area contributed by atoms with Crippen molar-refractivity contribution in [2.45, 2.75) is 71.8 Å². The molecule has 0 spiro atoms. The molecule has 1 rings (SSSR count). The van der Waals surface area contributed by atoms with E-state index in [1.54, 1.807) is 14.0 Å². The lowest BCUT2D eigenvalue weighted by Crippen LogP contribution is -2.43. The van der Waals surface area contributed by atoms with Gasteiger partial charge in [0.1, 0.15) is 5.54 Å². The second kappa shape index (κ2) is 13.2. The Morgan fingerprint density at radius 2 is 1.93 bits per heavy atom. The van der Waals surface area contributed by atoms with Crippen molar-refractivity contribution in [1.29, 1.82) is 0 Å². The van der Waals surface area contributed by atoms with Crippen LogP contribution >= 0.6 is 24.0 Å². The molecule has 7 nitrogen and oxygen atoms in total. The van der Waals surface area contributed by atoms with E-state index in [9.17, 15) is 9.59 Å². The maximum Gasteiger partial charge on any atom is 0.325 e. The number of rotatable bonds is 11. The summed E-state index contributed by atoms with van der Waals surface area (Å²) < 4.78 is 0. The van der Waals surface area contributed by atoms with Crippen LogP contribution in [0, 0.1) is 5.92 Å². The molecule has 2 atom stereocenters. The number of carbonyl (C=O) groups excluding carboxylic acids is 2. The molecule has 3 amide bonds. The molecule has 1 fully saturated rings. The molecule has 27 heavy (non-hydrogen) atoms. The molecule has 2 unspecified atom stereocenters. The minimum absolute atomic E-state index is 0. The zero-order chi connectivity index (χ0) is 19.6. The number of hydrogen-bond acceptors (Lipinski definition) is 3. The number of imide groups is 1. The Hall–Kier alpha value is -1.06. The monoisotopic (exact) mass is 495 g/mol. The van der Waals surface area contributed by atoms with Crippen molar-refractivity contribution in [2.75, 3.05) is 26.7 Å². The van der Waals surface area contributed by atoms with Crippen LogP contribution in [0.25, 0.3) is 0 Å². The van der Waals surface area contributed by atoms with Crippen LogP contribution in [0.2, 0.25) is 0 Å². The minimum atomic E-state index is -0.754. The molecular weight excluding hydrogens is 457 g/mol. The second-order valence-electron chi connectivity index (χ2n) is 7.22. The van der Waals surface area contributed by atoms with Crippen molar-refractivity contribution < 1.29 is 9.59 Å². The van der Waals surface area contributed by atoms with E-state index in [0.717, 1.165) is 18.9 Å². The predicted molar refractivity (Wildman–Crippen MR) is 122 cm³/mol. The highest BCUT2D eigenvalue weighted by Crippen LogP contribution is 2.20. The van der Waals surface area contributed by atoms with Gasteiger partial charge in [0.15, 0.2) is 5.96 Å². The molecule has 0 saturated carbocycles. The van der Waals surface area contributed by atoms with E-state index >= 15 is 0 Å². The summed E-state index contributed by atoms with van der Waals surface area (Å²) in [6, 6.07) is -0.288. The number of nitrogens with one attached hydrogen (secondary N) is 3. The Kier molecular flexibility index (Phi) is 12.7. The number of unbranched alkanes of at least 4 members (excludes halogenated alkanes) is 1. The van der Waals surface area contributed by atoms with Gasteiger partial charge in [-0.2, -0.15) is 0 Å². The number of halogens is 1. The Bertz CT molecular complexity index is 500. The third kappa shape index (κ3) is 7.83. The number of urea groups is 1. The lowest BCUT2D eigenvalue weighted by Gasteiger charge is -2.20. The average molecular weight is 495 g/mol. The van der Waals surface area contributed by atoms with Crippen LogP contribution in [0.15, 0.2) is 4.99 Å². The number of carbonyl (C=O) groups is 2. The summed E-state index contributed by atoms with van der Waals surface area (Å²) >= 11 is 0. The first-order valence-electron chi connectivity index (χ1n) is 10.00. The van der Waals surface area contributed by atoms with Crippen LogP contribution in [0.4, 0.5) is 4.79 Å². The molecule has 158 valence electrons. The Morgan fingerprint density at radius 1 is 1.22 bits per heavy atom. The van der Waals surface area contributed by atoms with Crippen molar-refractivity contribution in [3.63, 3.8) is 0 Å². The van der Waals surface area contributed by atoms with Crippen molar-refractivity contribution in [2.24, 2.45) is 10.9 Å². The zero-order valence-corrected chi connectivity index (χ0v) is 19.9. The first kappa shape index (κ1) is 25.9. The van der Waals surface area contributed by atoms with Gasteiger partial charge in [0.2, 0.25) is 0 Å². The summed E-state index contributed by atoms with van der Waals surface area (Å²) in [7, 11) is 1.76. The van der Waals surface area contributed by atoms with Crippen molar-refractivity contribution in [3.05, 3.63) is 0 Å². The number of hydrogen-bond donors (Lipinski definition) is 3. The Balaban J connectivity index is 0.00000676. The van der Waals surface area contributed by atoms with Crippen molar-refractivity contribution >= 4 is 41.9 Å². The van der Waals surface area contributed by atoms with Crippen LogP contribution in [0.3, 0.4) is 0 Å². The van der Waals surface area contributed by atoms with Gasteiger partial charge in [0.05, 0.1) is 0 Å². The van der Waals surface area contributed by atoms with Crippen molar-refractivity contribution in [3.8, 4) is 0 Å². The molecule has 0 aromatic rings. The van der Waals surface area contributed by atoms with Gasteiger partial charge < -0.3 is 16.0 Å². The molecular formula is C19H38IN5O2. The van der Waals surface area contributed by atoms with Gasteiger partial charge >= 0.3 is 6.03 Å². The normalized spacial score (nSPS) is 20.9. The largest absolute Gasteiger partial charge is 0.356 e. The second-order valence-corrected chi connectivity index (χ2v) is 7.22. The maximum absolute atomic E-state index is 12.3. The fourth-order valence-electron chi connectivity index (χ4n) is 3.04. The van der Waals surface area contributed by atoms with E-state index in [-0.39, 0.29) is 35.9 Å². The maximum atomic E-state index is 12.3. The summed E-state index contributed by atoms with van der Waals surface area (Å²) in [4.78, 5) is 29.9. The lowest BCUT2D eigenvalue weighted by molar-refractivity contribution is -0.130. The topological polar surface area (TPSA) is 85.8 Å². The minimum Gasteiger partial charge on any atom is -0.356 e. The summed E-state index contributed by atoms with van der Waals surface area (Å²) in [6.07, 6.45) is 6.16. The lowest BCUT2D eigenvalue weighted by atomic mass is 9.99. The molecule has 8 heteroatoms. The molecule has 0 aliphatic carbocycles. The van der Waals surface area contributed by atoms with Gasteiger partial charge in [-0.05, 0) is 32.1 Å². The van der Waals surface area contributed by atoms with E-state index in [0.29, 0.717) is 31.8 Å². The molecule has 1 aliphatic heterocycles. The average Bonchev–Trinajstić information content (AvgIpc) is 2.86. The molecule has 3 N–H and O–H groups in total. The van der Waals surface area contributed by atoms with Gasteiger partial charge in [-0.3, -0.25) is 14.7 Å². The van der Waals surface area contributed by atoms with Crippen LogP contribution in [0.5, 0.6) is 0 Å². The third-order valence-electron chi connectivity index (χ3n) is 5.23. The van der Waals surface area contributed by atoms with Crippen LogP contribution in [0.1, 0.15) is 66.2 Å². The summed E-state index contributed by atoms with van der Waals surface area (Å²) in [5.41, 5.74) is -0.754. The van der Waals surface area contributed by atoms with Crippen LogP contribution < -0.4 is 16.0 Å². The van der Waals surface area contributed by atoms with Gasteiger partial charge in [-0.1, -0.05) is 40.0 Å². The summed E-state index contributed by atoms with van der Waals surface area (Å²) in [5, 5.41) is 9.42. The molecule has 1 saturated heterocycles. The number of guanidine groups is 1. The number of amides is 3. The van der Waals surface area contributed by atoms with E-state index in [2.05, 4.69) is 34.8 Å². The smallest absolute Gasteiger partial charge is 0.325 e. The molecule has 0 bridgehead atoms. The number of aliphatic imine (C=N–C) groups is 1. The molecule has 1 aliphatic rings. The first-order valence-corrected chi connectivity index (χ1v) is 10.00. The third-order valence-corrected chi connectivity index (χ3v) is 5.23. The predicted octanol–water partition coefficient (Wildman–Crippen LogP) is 3.10. The van der Waals surface area contributed by atoms with Gasteiger partial charge in [-0.15, -0.1) is 24.0 Å². The van der Waals surface area contributed by atoms with E-state index in [1.165, 1.54) is 24.2 Å². The molecule has 0 aromatic heterocycles. The van der Waals surface area contributed by atoms with Crippen molar-refractivity contribution in [1.82, 2.24) is 20.9 Å². The highest BCUT2D eigenvalue weighted by atomic mass is 127. The zero-order valence-electron chi connectivity index (χ0n) is 17.6. The summed E-state index contributed by atoms with van der Waals surface area (Å²) in [6.45, 7) is 10.1. The van der Waals surface area contributed by atoms with Crippen LogP contribution in [-0.4, -0.2) is 55.0 Å². The molecule has 1 heterocycles. The van der Waals surface area contributed by atoms with Crippen LogP contribution in [-0.2, 0) is 4.79 Å².